The second-order valence-corrected chi connectivity index (χ2v) is 6.96. The molecule has 1 aromatic rings. The van der Waals surface area contributed by atoms with Gasteiger partial charge in [-0.2, -0.15) is 8.78 Å². The number of carbonyl (C=O) groups excluding carboxylic acids is 2. The van der Waals surface area contributed by atoms with Crippen molar-refractivity contribution in [3.8, 4) is 5.75 Å². The molecule has 9 heteroatoms. The number of piperazine rings is 1. The van der Waals surface area contributed by atoms with Gasteiger partial charge >= 0.3 is 6.61 Å². The summed E-state index contributed by atoms with van der Waals surface area (Å²) in [6, 6.07) is 6.39. The number of hydrogen-bond donors (Lipinski definition) is 1. The number of nitrogens with one attached hydrogen (secondary N) is 1. The van der Waals surface area contributed by atoms with Crippen molar-refractivity contribution in [1.82, 2.24) is 20.0 Å². The van der Waals surface area contributed by atoms with Crippen LogP contribution in [-0.4, -0.2) is 93.0 Å². The second kappa shape index (κ2) is 10.9. The Hall–Kier alpha value is -2.26. The molecule has 0 bridgehead atoms. The van der Waals surface area contributed by atoms with Crippen molar-refractivity contribution >= 4 is 11.8 Å². The van der Waals surface area contributed by atoms with Gasteiger partial charge in [0.25, 0.3) is 0 Å². The van der Waals surface area contributed by atoms with Gasteiger partial charge in [-0.05, 0) is 24.1 Å². The summed E-state index contributed by atoms with van der Waals surface area (Å²) < 4.78 is 28.5. The molecule has 1 aliphatic heterocycles. The highest BCUT2D eigenvalue weighted by molar-refractivity contribution is 5.78. The number of halogens is 2. The Morgan fingerprint density at radius 1 is 1.07 bits per heavy atom. The molecule has 0 radical (unpaired) electrons. The van der Waals surface area contributed by atoms with Crippen molar-refractivity contribution in [1.29, 1.82) is 0 Å². The molecule has 1 N–H and O–H groups in total. The number of likely N-dealkylation sites (N-methyl/N-ethyl adjacent to an activating group) is 1. The van der Waals surface area contributed by atoms with Crippen LogP contribution in [0.15, 0.2) is 24.3 Å². The average molecular weight is 398 g/mol. The predicted molar refractivity (Wildman–Crippen MR) is 101 cm³/mol. The third-order valence-corrected chi connectivity index (χ3v) is 4.57. The summed E-state index contributed by atoms with van der Waals surface area (Å²) in [7, 11) is 3.49. The van der Waals surface area contributed by atoms with Gasteiger partial charge in [-0.15, -0.1) is 0 Å². The van der Waals surface area contributed by atoms with E-state index >= 15 is 0 Å². The van der Waals surface area contributed by atoms with Crippen LogP contribution < -0.4 is 10.1 Å². The molecule has 2 rings (SSSR count). The summed E-state index contributed by atoms with van der Waals surface area (Å²) in [5, 5.41) is 2.88. The average Bonchev–Trinajstić information content (AvgIpc) is 2.64. The first kappa shape index (κ1) is 22.0. The molecule has 7 nitrogen and oxygen atoms in total. The van der Waals surface area contributed by atoms with Gasteiger partial charge in [0.05, 0.1) is 13.1 Å². The van der Waals surface area contributed by atoms with E-state index in [9.17, 15) is 18.4 Å². The van der Waals surface area contributed by atoms with Gasteiger partial charge < -0.3 is 15.0 Å². The van der Waals surface area contributed by atoms with Crippen molar-refractivity contribution < 1.29 is 23.1 Å². The van der Waals surface area contributed by atoms with Crippen molar-refractivity contribution in [3.63, 3.8) is 0 Å². The Labute approximate surface area is 164 Å². The fourth-order valence-electron chi connectivity index (χ4n) is 2.88. The SMILES string of the molecule is CN(C)C(=O)CN1CCN(CC(=O)NCCc2ccc(OC(F)F)cc2)CC1. The maximum atomic E-state index is 12.1. The lowest BCUT2D eigenvalue weighted by Crippen LogP contribution is -2.51. The lowest BCUT2D eigenvalue weighted by molar-refractivity contribution is -0.130. The summed E-state index contributed by atoms with van der Waals surface area (Å²) in [6.45, 7) is 1.41. The third-order valence-electron chi connectivity index (χ3n) is 4.57. The monoisotopic (exact) mass is 398 g/mol. The highest BCUT2D eigenvalue weighted by atomic mass is 19.3. The van der Waals surface area contributed by atoms with Crippen molar-refractivity contribution in [3.05, 3.63) is 29.8 Å². The quantitative estimate of drug-likeness (QED) is 0.662. The Balaban J connectivity index is 1.62. The van der Waals surface area contributed by atoms with Crippen LogP contribution in [0.25, 0.3) is 0 Å². The Morgan fingerprint density at radius 3 is 2.18 bits per heavy atom. The van der Waals surface area contributed by atoms with Gasteiger partial charge in [0.2, 0.25) is 11.8 Å². The largest absolute Gasteiger partial charge is 0.435 e. The number of benzene rings is 1. The molecule has 0 aliphatic carbocycles. The summed E-state index contributed by atoms with van der Waals surface area (Å²) in [5.41, 5.74) is 0.932. The molecule has 0 spiro atoms. The van der Waals surface area contributed by atoms with Crippen LogP contribution in [-0.2, 0) is 16.0 Å². The standard InChI is InChI=1S/C19H28F2N4O3/c1-23(2)18(27)14-25-11-9-24(10-12-25)13-17(26)22-8-7-15-3-5-16(6-4-15)28-19(20)21/h3-6,19H,7-14H2,1-2H3,(H,22,26). The molecular formula is C19H28F2N4O3. The van der Waals surface area contributed by atoms with E-state index in [4.69, 9.17) is 0 Å². The van der Waals surface area contributed by atoms with Crippen LogP contribution in [0.2, 0.25) is 0 Å². The minimum absolute atomic E-state index is 0.0459. The maximum absolute atomic E-state index is 12.1. The fourth-order valence-corrected chi connectivity index (χ4v) is 2.88. The van der Waals surface area contributed by atoms with Crippen molar-refractivity contribution in [2.75, 3.05) is 59.9 Å². The van der Waals surface area contributed by atoms with Gasteiger partial charge in [0, 0.05) is 46.8 Å². The topological polar surface area (TPSA) is 65.1 Å². The Kier molecular flexibility index (Phi) is 8.59. The van der Waals surface area contributed by atoms with Gasteiger partial charge in [0.15, 0.2) is 0 Å². The molecule has 0 atom stereocenters. The number of hydrogen-bond acceptors (Lipinski definition) is 5. The number of ether oxygens (including phenoxy) is 1. The Morgan fingerprint density at radius 2 is 1.64 bits per heavy atom. The number of carbonyl (C=O) groups is 2. The predicted octanol–water partition coefficient (Wildman–Crippen LogP) is 0.653. The van der Waals surface area contributed by atoms with E-state index in [1.165, 1.54) is 12.1 Å². The summed E-state index contributed by atoms with van der Waals surface area (Å²) in [4.78, 5) is 29.6. The third kappa shape index (κ3) is 7.77. The minimum atomic E-state index is -2.83. The van der Waals surface area contributed by atoms with E-state index in [0.717, 1.165) is 31.7 Å². The highest BCUT2D eigenvalue weighted by Crippen LogP contribution is 2.15. The van der Waals surface area contributed by atoms with E-state index < -0.39 is 6.61 Å². The Bertz CT molecular complexity index is 633. The van der Waals surface area contributed by atoms with Gasteiger partial charge in [-0.3, -0.25) is 19.4 Å². The van der Waals surface area contributed by atoms with E-state index in [0.29, 0.717) is 26.1 Å². The van der Waals surface area contributed by atoms with Crippen LogP contribution in [0.1, 0.15) is 5.56 Å². The molecule has 1 heterocycles. The van der Waals surface area contributed by atoms with Crippen LogP contribution in [0.4, 0.5) is 8.78 Å². The van der Waals surface area contributed by atoms with E-state index in [1.807, 2.05) is 0 Å². The molecule has 2 amide bonds. The van der Waals surface area contributed by atoms with Gasteiger partial charge in [-0.25, -0.2) is 0 Å². The first-order valence-corrected chi connectivity index (χ1v) is 9.29. The number of rotatable bonds is 9. The van der Waals surface area contributed by atoms with Crippen molar-refractivity contribution in [2.24, 2.45) is 0 Å². The summed E-state index contributed by atoms with van der Waals surface area (Å²) >= 11 is 0. The van der Waals surface area contributed by atoms with Crippen LogP contribution in [0, 0.1) is 0 Å². The summed E-state index contributed by atoms with van der Waals surface area (Å²) in [6.07, 6.45) is 0.612. The van der Waals surface area contributed by atoms with E-state index in [1.54, 1.807) is 31.1 Å². The number of amides is 2. The lowest BCUT2D eigenvalue weighted by Gasteiger charge is -2.34. The molecule has 28 heavy (non-hydrogen) atoms. The molecule has 1 aromatic carbocycles. The van der Waals surface area contributed by atoms with Crippen LogP contribution in [0.3, 0.4) is 0 Å². The normalized spacial score (nSPS) is 15.5. The number of alkyl halides is 2. The minimum Gasteiger partial charge on any atom is -0.435 e. The summed E-state index contributed by atoms with van der Waals surface area (Å²) in [5.74, 6) is 0.157. The van der Waals surface area contributed by atoms with Crippen LogP contribution in [0.5, 0.6) is 5.75 Å². The number of nitrogens with zero attached hydrogens (tertiary/aromatic N) is 3. The van der Waals surface area contributed by atoms with Gasteiger partial charge in [-0.1, -0.05) is 12.1 Å². The van der Waals surface area contributed by atoms with Crippen LogP contribution >= 0.6 is 0 Å². The molecule has 156 valence electrons. The first-order chi connectivity index (χ1) is 13.3. The van der Waals surface area contributed by atoms with E-state index in [-0.39, 0.29) is 17.6 Å². The smallest absolute Gasteiger partial charge is 0.387 e. The zero-order chi connectivity index (χ0) is 20.5. The first-order valence-electron chi connectivity index (χ1n) is 9.29. The highest BCUT2D eigenvalue weighted by Gasteiger charge is 2.20. The molecular weight excluding hydrogens is 370 g/mol. The molecule has 0 aromatic heterocycles. The molecule has 0 unspecified atom stereocenters. The molecule has 1 fully saturated rings. The lowest BCUT2D eigenvalue weighted by atomic mass is 10.1. The van der Waals surface area contributed by atoms with Gasteiger partial charge in [0.1, 0.15) is 5.75 Å². The molecule has 1 aliphatic rings. The molecule has 1 saturated heterocycles. The van der Waals surface area contributed by atoms with E-state index in [2.05, 4.69) is 19.9 Å². The zero-order valence-corrected chi connectivity index (χ0v) is 16.4. The maximum Gasteiger partial charge on any atom is 0.387 e. The van der Waals surface area contributed by atoms with Crippen molar-refractivity contribution in [2.45, 2.75) is 13.0 Å². The molecule has 0 saturated carbocycles. The zero-order valence-electron chi connectivity index (χ0n) is 16.4. The second-order valence-electron chi connectivity index (χ2n) is 6.96. The fraction of sp³-hybridized carbons (Fsp3) is 0.579.